The van der Waals surface area contributed by atoms with Crippen molar-refractivity contribution in [3.63, 3.8) is 0 Å². The minimum atomic E-state index is -1.17. The Bertz CT molecular complexity index is 653. The number of carboxylic acids is 1. The van der Waals surface area contributed by atoms with E-state index in [-0.39, 0.29) is 22.8 Å². The predicted octanol–water partition coefficient (Wildman–Crippen LogP) is 1.67. The minimum absolute atomic E-state index is 0.00139. The molecule has 0 aliphatic heterocycles. The Labute approximate surface area is 120 Å². The third-order valence-electron chi connectivity index (χ3n) is 2.26. The van der Waals surface area contributed by atoms with Gasteiger partial charge in [-0.2, -0.15) is 5.10 Å². The van der Waals surface area contributed by atoms with E-state index in [2.05, 4.69) is 15.5 Å². The molecular formula is C11H8IN3O4. The SMILES string of the molecule is O=C(Nc1cc(C(=O)O)[nH]n1)c1ccc(I)c(O)c1. The number of anilines is 1. The van der Waals surface area contributed by atoms with E-state index in [0.29, 0.717) is 3.57 Å². The summed E-state index contributed by atoms with van der Waals surface area (Å²) in [6.07, 6.45) is 0. The maximum absolute atomic E-state index is 11.8. The minimum Gasteiger partial charge on any atom is -0.507 e. The van der Waals surface area contributed by atoms with E-state index in [1.165, 1.54) is 12.1 Å². The van der Waals surface area contributed by atoms with Crippen LogP contribution >= 0.6 is 22.6 Å². The molecule has 0 saturated carbocycles. The lowest BCUT2D eigenvalue weighted by molar-refractivity contribution is 0.0690. The molecule has 8 heteroatoms. The molecular weight excluding hydrogens is 365 g/mol. The molecule has 4 N–H and O–H groups in total. The Balaban J connectivity index is 2.15. The van der Waals surface area contributed by atoms with Gasteiger partial charge in [0.25, 0.3) is 5.91 Å². The van der Waals surface area contributed by atoms with Crippen molar-refractivity contribution in [2.24, 2.45) is 0 Å². The van der Waals surface area contributed by atoms with Crippen LogP contribution in [0.3, 0.4) is 0 Å². The van der Waals surface area contributed by atoms with Gasteiger partial charge in [-0.25, -0.2) is 4.79 Å². The molecule has 1 heterocycles. The first kappa shape index (κ1) is 13.3. The average Bonchev–Trinajstić information content (AvgIpc) is 2.81. The van der Waals surface area contributed by atoms with E-state index in [0.717, 1.165) is 0 Å². The van der Waals surface area contributed by atoms with Crippen molar-refractivity contribution in [3.8, 4) is 5.75 Å². The zero-order valence-electron chi connectivity index (χ0n) is 9.35. The highest BCUT2D eigenvalue weighted by molar-refractivity contribution is 14.1. The normalized spacial score (nSPS) is 10.2. The molecule has 7 nitrogen and oxygen atoms in total. The predicted molar refractivity (Wildman–Crippen MR) is 74.3 cm³/mol. The number of carboxylic acid groups (broad SMARTS) is 1. The van der Waals surface area contributed by atoms with Gasteiger partial charge in [0.2, 0.25) is 0 Å². The average molecular weight is 373 g/mol. The third-order valence-corrected chi connectivity index (χ3v) is 3.17. The number of aromatic nitrogens is 2. The van der Waals surface area contributed by atoms with Crippen LogP contribution in [0.15, 0.2) is 24.3 Å². The molecule has 0 saturated heterocycles. The molecule has 0 spiro atoms. The van der Waals surface area contributed by atoms with Crippen molar-refractivity contribution in [3.05, 3.63) is 39.1 Å². The number of aromatic hydroxyl groups is 1. The van der Waals surface area contributed by atoms with Crippen LogP contribution in [0.2, 0.25) is 0 Å². The molecule has 0 atom stereocenters. The molecule has 1 aromatic carbocycles. The summed E-state index contributed by atoms with van der Waals surface area (Å²) in [5, 5.41) is 26.5. The van der Waals surface area contributed by atoms with Crippen molar-refractivity contribution < 1.29 is 19.8 Å². The lowest BCUT2D eigenvalue weighted by Crippen LogP contribution is -2.12. The monoisotopic (exact) mass is 373 g/mol. The molecule has 1 aromatic heterocycles. The Kier molecular flexibility index (Phi) is 3.69. The Morgan fingerprint density at radius 3 is 2.63 bits per heavy atom. The van der Waals surface area contributed by atoms with E-state index >= 15 is 0 Å². The molecule has 98 valence electrons. The Hall–Kier alpha value is -2.10. The number of carbonyl (C=O) groups excluding carboxylic acids is 1. The first-order valence-corrected chi connectivity index (χ1v) is 6.14. The van der Waals surface area contributed by atoms with Crippen LogP contribution in [0.25, 0.3) is 0 Å². The number of nitrogens with zero attached hydrogens (tertiary/aromatic N) is 1. The van der Waals surface area contributed by atoms with Crippen LogP contribution in [-0.4, -0.2) is 32.3 Å². The van der Waals surface area contributed by atoms with Crippen LogP contribution in [-0.2, 0) is 0 Å². The number of aromatic amines is 1. The van der Waals surface area contributed by atoms with E-state index < -0.39 is 11.9 Å². The zero-order chi connectivity index (χ0) is 14.0. The fourth-order valence-corrected chi connectivity index (χ4v) is 1.67. The Morgan fingerprint density at radius 2 is 2.05 bits per heavy atom. The fourth-order valence-electron chi connectivity index (χ4n) is 1.34. The maximum atomic E-state index is 11.8. The second-order valence-electron chi connectivity index (χ2n) is 3.59. The first-order valence-electron chi connectivity index (χ1n) is 5.06. The molecule has 0 unspecified atom stereocenters. The number of H-pyrrole nitrogens is 1. The number of nitrogens with one attached hydrogen (secondary N) is 2. The quantitative estimate of drug-likeness (QED) is 0.611. The van der Waals surface area contributed by atoms with Gasteiger partial charge in [-0.3, -0.25) is 9.89 Å². The highest BCUT2D eigenvalue weighted by atomic mass is 127. The van der Waals surface area contributed by atoms with Gasteiger partial charge in [-0.15, -0.1) is 0 Å². The zero-order valence-corrected chi connectivity index (χ0v) is 11.5. The van der Waals surface area contributed by atoms with Gasteiger partial charge in [0.15, 0.2) is 5.82 Å². The number of hydrogen-bond donors (Lipinski definition) is 4. The van der Waals surface area contributed by atoms with Crippen molar-refractivity contribution in [1.29, 1.82) is 0 Å². The highest BCUT2D eigenvalue weighted by Gasteiger charge is 2.12. The molecule has 0 aliphatic rings. The molecule has 1 amide bonds. The number of aromatic carboxylic acids is 1. The van der Waals surface area contributed by atoms with Crippen LogP contribution in [0.5, 0.6) is 5.75 Å². The molecule has 0 fully saturated rings. The lowest BCUT2D eigenvalue weighted by atomic mass is 10.2. The Morgan fingerprint density at radius 1 is 1.32 bits per heavy atom. The van der Waals surface area contributed by atoms with Gasteiger partial charge in [0.1, 0.15) is 11.4 Å². The smallest absolute Gasteiger partial charge is 0.353 e. The van der Waals surface area contributed by atoms with Crippen LogP contribution in [0.4, 0.5) is 5.82 Å². The summed E-state index contributed by atoms with van der Waals surface area (Å²) >= 11 is 1.93. The number of phenolic OH excluding ortho intramolecular Hbond substituents is 1. The second kappa shape index (κ2) is 5.26. The van der Waals surface area contributed by atoms with Gasteiger partial charge < -0.3 is 15.5 Å². The maximum Gasteiger partial charge on any atom is 0.353 e. The van der Waals surface area contributed by atoms with Gasteiger partial charge in [0.05, 0.1) is 3.57 Å². The summed E-state index contributed by atoms with van der Waals surface area (Å²) in [4.78, 5) is 22.5. The fraction of sp³-hybridized carbons (Fsp3) is 0. The summed E-state index contributed by atoms with van der Waals surface area (Å²) in [6.45, 7) is 0. The number of halogens is 1. The summed E-state index contributed by atoms with van der Waals surface area (Å²) in [6, 6.07) is 5.66. The van der Waals surface area contributed by atoms with E-state index in [4.69, 9.17) is 5.11 Å². The van der Waals surface area contributed by atoms with Crippen molar-refractivity contribution in [2.75, 3.05) is 5.32 Å². The van der Waals surface area contributed by atoms with Crippen LogP contribution < -0.4 is 5.32 Å². The van der Waals surface area contributed by atoms with Crippen molar-refractivity contribution in [1.82, 2.24) is 10.2 Å². The number of rotatable bonds is 3. The molecule has 2 rings (SSSR count). The van der Waals surface area contributed by atoms with Crippen molar-refractivity contribution in [2.45, 2.75) is 0 Å². The number of benzene rings is 1. The summed E-state index contributed by atoms with van der Waals surface area (Å²) in [5.41, 5.74) is 0.124. The van der Waals surface area contributed by atoms with E-state index in [1.54, 1.807) is 12.1 Å². The highest BCUT2D eigenvalue weighted by Crippen LogP contribution is 2.21. The molecule has 19 heavy (non-hydrogen) atoms. The van der Waals surface area contributed by atoms with Gasteiger partial charge in [-0.05, 0) is 40.8 Å². The lowest BCUT2D eigenvalue weighted by Gasteiger charge is -2.03. The number of amides is 1. The molecule has 2 aromatic rings. The summed E-state index contributed by atoms with van der Waals surface area (Å²) in [5.74, 6) is -1.56. The summed E-state index contributed by atoms with van der Waals surface area (Å²) in [7, 11) is 0. The molecule has 0 aliphatic carbocycles. The van der Waals surface area contributed by atoms with Gasteiger partial charge in [-0.1, -0.05) is 0 Å². The van der Waals surface area contributed by atoms with Gasteiger partial charge >= 0.3 is 5.97 Å². The van der Waals surface area contributed by atoms with Crippen molar-refractivity contribution >= 4 is 40.3 Å². The molecule has 0 radical (unpaired) electrons. The number of phenols is 1. The largest absolute Gasteiger partial charge is 0.507 e. The van der Waals surface area contributed by atoms with Crippen LogP contribution in [0, 0.1) is 3.57 Å². The third kappa shape index (κ3) is 3.02. The molecule has 0 bridgehead atoms. The standard InChI is InChI=1S/C11H8IN3O4/c12-6-2-1-5(3-8(6)16)10(17)13-9-4-7(11(18)19)14-15-9/h1-4,16H,(H,18,19)(H2,13,14,15,17). The van der Waals surface area contributed by atoms with E-state index in [1.807, 2.05) is 22.6 Å². The second-order valence-corrected chi connectivity index (χ2v) is 4.75. The van der Waals surface area contributed by atoms with Gasteiger partial charge in [0, 0.05) is 11.6 Å². The first-order chi connectivity index (χ1) is 8.97. The summed E-state index contributed by atoms with van der Waals surface area (Å²) < 4.78 is 0.627. The number of carbonyl (C=O) groups is 2. The van der Waals surface area contributed by atoms with Crippen LogP contribution in [0.1, 0.15) is 20.8 Å². The number of hydrogen-bond acceptors (Lipinski definition) is 4. The topological polar surface area (TPSA) is 115 Å². The van der Waals surface area contributed by atoms with E-state index in [9.17, 15) is 14.7 Å².